The summed E-state index contributed by atoms with van der Waals surface area (Å²) in [5.41, 5.74) is 6.24. The Morgan fingerprint density at radius 1 is 0.840 bits per heavy atom. The Kier molecular flexibility index (Phi) is 4.34. The van der Waals surface area contributed by atoms with Gasteiger partial charge >= 0.3 is 0 Å². The third kappa shape index (κ3) is 2.77. The molecule has 2 fully saturated rings. The standard InChI is InChI=1S/C22H26N2O/c1-14-8-3-5-10-16(14)20-18-12-7-13-19(22(18)24-25)21(23-20)17-11-6-4-9-15(17)2/h3-6,8-11,18-21,23,25H,7,12-13H2,1-2H3/t18-,19+,20?,21?. The second-order valence-corrected chi connectivity index (χ2v) is 7.50. The molecule has 130 valence electrons. The molecule has 0 aromatic heterocycles. The monoisotopic (exact) mass is 334 g/mol. The van der Waals surface area contributed by atoms with Gasteiger partial charge in [0.2, 0.25) is 0 Å². The minimum atomic E-state index is 0.202. The maximum atomic E-state index is 9.83. The second kappa shape index (κ2) is 6.64. The van der Waals surface area contributed by atoms with E-state index in [0.29, 0.717) is 0 Å². The first-order valence-electron chi connectivity index (χ1n) is 9.29. The molecule has 1 aliphatic carbocycles. The quantitative estimate of drug-likeness (QED) is 0.604. The van der Waals surface area contributed by atoms with E-state index in [0.717, 1.165) is 18.6 Å². The van der Waals surface area contributed by atoms with Crippen LogP contribution >= 0.6 is 0 Å². The van der Waals surface area contributed by atoms with Crippen molar-refractivity contribution in [3.8, 4) is 0 Å². The van der Waals surface area contributed by atoms with Crippen molar-refractivity contribution >= 4 is 5.71 Å². The van der Waals surface area contributed by atoms with Gasteiger partial charge in [-0.1, -0.05) is 60.1 Å². The largest absolute Gasteiger partial charge is 0.411 e. The van der Waals surface area contributed by atoms with Crippen LogP contribution < -0.4 is 5.32 Å². The Hall–Kier alpha value is -2.13. The summed E-state index contributed by atoms with van der Waals surface area (Å²) in [5.74, 6) is 0.565. The van der Waals surface area contributed by atoms with Gasteiger partial charge in [0.1, 0.15) is 0 Å². The Morgan fingerprint density at radius 2 is 1.32 bits per heavy atom. The van der Waals surface area contributed by atoms with Gasteiger partial charge in [-0.25, -0.2) is 0 Å². The molecule has 3 nitrogen and oxygen atoms in total. The van der Waals surface area contributed by atoms with Gasteiger partial charge in [0.25, 0.3) is 0 Å². The van der Waals surface area contributed by atoms with E-state index in [1.54, 1.807) is 0 Å². The SMILES string of the molecule is Cc1ccccc1C1NC(c2ccccc2C)[C@H]2CCC[C@@H]1C2=NO. The van der Waals surface area contributed by atoms with Crippen molar-refractivity contribution in [1.82, 2.24) is 5.32 Å². The lowest BCUT2D eigenvalue weighted by Gasteiger charge is -2.47. The average molecular weight is 334 g/mol. The number of oxime groups is 1. The molecule has 0 spiro atoms. The summed E-state index contributed by atoms with van der Waals surface area (Å²) in [6.07, 6.45) is 3.37. The van der Waals surface area contributed by atoms with E-state index in [-0.39, 0.29) is 23.9 Å². The summed E-state index contributed by atoms with van der Waals surface area (Å²) in [7, 11) is 0. The van der Waals surface area contributed by atoms with Crippen LogP contribution in [0.1, 0.15) is 53.6 Å². The molecule has 2 N–H and O–H groups in total. The zero-order valence-corrected chi connectivity index (χ0v) is 14.9. The molecule has 4 atom stereocenters. The third-order valence-electron chi connectivity index (χ3n) is 6.12. The minimum absolute atomic E-state index is 0.202. The highest BCUT2D eigenvalue weighted by Gasteiger charge is 2.46. The van der Waals surface area contributed by atoms with Crippen molar-refractivity contribution in [1.29, 1.82) is 0 Å². The second-order valence-electron chi connectivity index (χ2n) is 7.50. The Labute approximate surface area is 149 Å². The fraction of sp³-hybridized carbons (Fsp3) is 0.409. The summed E-state index contributed by atoms with van der Waals surface area (Å²) in [6, 6.07) is 17.6. The highest BCUT2D eigenvalue weighted by molar-refractivity contribution is 5.91. The van der Waals surface area contributed by atoms with Crippen LogP contribution in [0.2, 0.25) is 0 Å². The van der Waals surface area contributed by atoms with Gasteiger partial charge in [0.05, 0.1) is 5.71 Å². The van der Waals surface area contributed by atoms with E-state index in [9.17, 15) is 5.21 Å². The molecule has 2 aromatic rings. The van der Waals surface area contributed by atoms with Crippen LogP contribution in [0.15, 0.2) is 53.7 Å². The predicted molar refractivity (Wildman–Crippen MR) is 101 cm³/mol. The number of piperidine rings is 1. The molecule has 1 saturated carbocycles. The molecule has 1 saturated heterocycles. The lowest BCUT2D eigenvalue weighted by atomic mass is 9.66. The zero-order valence-electron chi connectivity index (χ0n) is 14.9. The topological polar surface area (TPSA) is 44.6 Å². The van der Waals surface area contributed by atoms with E-state index in [2.05, 4.69) is 72.9 Å². The molecule has 2 bridgehead atoms. The molecule has 0 radical (unpaired) electrons. The summed E-state index contributed by atoms with van der Waals surface area (Å²) in [5, 5.41) is 17.6. The van der Waals surface area contributed by atoms with Gasteiger partial charge in [-0.05, 0) is 48.9 Å². The molecule has 4 rings (SSSR count). The Bertz CT molecular complexity index is 737. The molecule has 2 aliphatic rings. The zero-order chi connectivity index (χ0) is 17.4. The lowest BCUT2D eigenvalue weighted by molar-refractivity contribution is 0.214. The maximum Gasteiger partial charge on any atom is 0.0670 e. The number of hydrogen-bond donors (Lipinski definition) is 2. The van der Waals surface area contributed by atoms with Gasteiger partial charge in [0.15, 0.2) is 0 Å². The van der Waals surface area contributed by atoms with E-state index >= 15 is 0 Å². The number of aryl methyl sites for hydroxylation is 2. The fourth-order valence-electron chi connectivity index (χ4n) is 4.86. The van der Waals surface area contributed by atoms with Gasteiger partial charge in [-0.3, -0.25) is 0 Å². The van der Waals surface area contributed by atoms with Crippen molar-refractivity contribution in [2.24, 2.45) is 17.0 Å². The summed E-state index contributed by atoms with van der Waals surface area (Å²) < 4.78 is 0. The van der Waals surface area contributed by atoms with Crippen LogP contribution in [0.5, 0.6) is 0 Å². The number of nitrogens with zero attached hydrogens (tertiary/aromatic N) is 1. The van der Waals surface area contributed by atoms with Crippen molar-refractivity contribution in [2.45, 2.75) is 45.2 Å². The highest BCUT2D eigenvalue weighted by Crippen LogP contribution is 2.47. The van der Waals surface area contributed by atoms with Crippen molar-refractivity contribution in [3.05, 3.63) is 70.8 Å². The number of fused-ring (bicyclic) bond motifs is 2. The molecule has 2 unspecified atom stereocenters. The number of hydrogen-bond acceptors (Lipinski definition) is 3. The first-order valence-corrected chi connectivity index (χ1v) is 9.29. The molecule has 1 heterocycles. The summed E-state index contributed by atoms with van der Waals surface area (Å²) in [6.45, 7) is 4.34. The molecule has 0 amide bonds. The first kappa shape index (κ1) is 16.3. The van der Waals surface area contributed by atoms with Gasteiger partial charge in [-0.15, -0.1) is 0 Å². The van der Waals surface area contributed by atoms with E-state index < -0.39 is 0 Å². The normalized spacial score (nSPS) is 30.4. The van der Waals surface area contributed by atoms with Crippen molar-refractivity contribution in [3.63, 3.8) is 0 Å². The molecule has 3 heteroatoms. The minimum Gasteiger partial charge on any atom is -0.411 e. The maximum absolute atomic E-state index is 9.83. The van der Waals surface area contributed by atoms with Crippen molar-refractivity contribution < 1.29 is 5.21 Å². The first-order chi connectivity index (χ1) is 12.2. The average Bonchev–Trinajstić information content (AvgIpc) is 2.63. The molecular weight excluding hydrogens is 308 g/mol. The fourth-order valence-corrected chi connectivity index (χ4v) is 4.86. The summed E-state index contributed by atoms with van der Waals surface area (Å²) in [4.78, 5) is 0. The van der Waals surface area contributed by atoms with E-state index in [4.69, 9.17) is 0 Å². The number of rotatable bonds is 2. The molecule has 2 aromatic carbocycles. The van der Waals surface area contributed by atoms with Gasteiger partial charge in [0, 0.05) is 23.9 Å². The van der Waals surface area contributed by atoms with E-state index in [1.807, 2.05) is 0 Å². The molecule has 25 heavy (non-hydrogen) atoms. The Balaban J connectivity index is 1.81. The van der Waals surface area contributed by atoms with Crippen LogP contribution in [0, 0.1) is 25.7 Å². The smallest absolute Gasteiger partial charge is 0.0670 e. The van der Waals surface area contributed by atoms with Crippen LogP contribution in [0.4, 0.5) is 0 Å². The Morgan fingerprint density at radius 3 is 1.76 bits per heavy atom. The lowest BCUT2D eigenvalue weighted by Crippen LogP contribution is -2.51. The highest BCUT2D eigenvalue weighted by atomic mass is 16.4. The van der Waals surface area contributed by atoms with Crippen LogP contribution in [-0.4, -0.2) is 10.9 Å². The predicted octanol–water partition coefficient (Wildman–Crippen LogP) is 4.94. The van der Waals surface area contributed by atoms with Crippen LogP contribution in [-0.2, 0) is 0 Å². The van der Waals surface area contributed by atoms with Gasteiger partial charge < -0.3 is 10.5 Å². The summed E-state index contributed by atoms with van der Waals surface area (Å²) >= 11 is 0. The van der Waals surface area contributed by atoms with Gasteiger partial charge in [-0.2, -0.15) is 0 Å². The third-order valence-corrected chi connectivity index (χ3v) is 6.12. The number of nitrogens with one attached hydrogen (secondary N) is 1. The van der Waals surface area contributed by atoms with Crippen LogP contribution in [0.25, 0.3) is 0 Å². The molecular formula is C22H26N2O. The van der Waals surface area contributed by atoms with E-state index in [1.165, 1.54) is 28.7 Å². The molecule has 1 aliphatic heterocycles. The van der Waals surface area contributed by atoms with Crippen molar-refractivity contribution in [2.75, 3.05) is 0 Å². The number of benzene rings is 2. The van der Waals surface area contributed by atoms with Crippen LogP contribution in [0.3, 0.4) is 0 Å².